The number of nitrogens with one attached hydrogen (secondary N) is 1. The topological polar surface area (TPSA) is 86.3 Å². The Bertz CT molecular complexity index is 723. The normalized spacial score (nSPS) is 17.1. The van der Waals surface area contributed by atoms with Crippen LogP contribution in [-0.2, 0) is 17.6 Å². The van der Waals surface area contributed by atoms with Gasteiger partial charge in [0, 0.05) is 12.2 Å². The number of aromatic nitrogens is 2. The Hall–Kier alpha value is -2.63. The zero-order valence-corrected chi connectivity index (χ0v) is 12.2. The standard InChI is InChI=1S/C16H17N3O3/c1-2-11-9-13(18-17-11)15(20)19-8-7-10-5-3-4-6-12(10)14(19)16(21)22/h3-6,9,14H,2,7-8H2,1H3,(H,17,18)(H,21,22). The number of aliphatic carboxylic acids is 1. The molecular weight excluding hydrogens is 282 g/mol. The van der Waals surface area contributed by atoms with Gasteiger partial charge in [0.05, 0.1) is 0 Å². The third-order valence-corrected chi connectivity index (χ3v) is 4.01. The van der Waals surface area contributed by atoms with Gasteiger partial charge in [-0.3, -0.25) is 9.89 Å². The van der Waals surface area contributed by atoms with E-state index in [0.29, 0.717) is 18.5 Å². The molecule has 1 aromatic carbocycles. The van der Waals surface area contributed by atoms with Crippen molar-refractivity contribution in [3.05, 3.63) is 52.8 Å². The molecule has 0 saturated carbocycles. The summed E-state index contributed by atoms with van der Waals surface area (Å²) in [5.41, 5.74) is 2.78. The zero-order chi connectivity index (χ0) is 15.7. The molecular formula is C16H17N3O3. The lowest BCUT2D eigenvalue weighted by molar-refractivity contribution is -0.143. The summed E-state index contributed by atoms with van der Waals surface area (Å²) in [7, 11) is 0. The molecule has 1 aliphatic rings. The molecule has 1 atom stereocenters. The van der Waals surface area contributed by atoms with E-state index in [1.807, 2.05) is 19.1 Å². The smallest absolute Gasteiger partial charge is 0.331 e. The third-order valence-electron chi connectivity index (χ3n) is 4.01. The SMILES string of the molecule is CCc1cc(C(=O)N2CCc3ccccc3C2C(=O)O)n[nH]1. The van der Waals surface area contributed by atoms with Gasteiger partial charge < -0.3 is 10.0 Å². The van der Waals surface area contributed by atoms with Crippen molar-refractivity contribution in [3.8, 4) is 0 Å². The number of fused-ring (bicyclic) bond motifs is 1. The van der Waals surface area contributed by atoms with Crippen LogP contribution < -0.4 is 0 Å². The summed E-state index contributed by atoms with van der Waals surface area (Å²) >= 11 is 0. The van der Waals surface area contributed by atoms with E-state index in [0.717, 1.165) is 17.7 Å². The summed E-state index contributed by atoms with van der Waals surface area (Å²) in [4.78, 5) is 25.7. The number of aryl methyl sites for hydroxylation is 1. The van der Waals surface area contributed by atoms with Gasteiger partial charge in [-0.15, -0.1) is 0 Å². The molecule has 1 aliphatic heterocycles. The minimum Gasteiger partial charge on any atom is -0.479 e. The van der Waals surface area contributed by atoms with Crippen molar-refractivity contribution in [1.29, 1.82) is 0 Å². The van der Waals surface area contributed by atoms with Gasteiger partial charge in [0.25, 0.3) is 5.91 Å². The first-order chi connectivity index (χ1) is 10.6. The second kappa shape index (κ2) is 5.63. The maximum atomic E-state index is 12.6. The molecule has 2 heterocycles. The second-order valence-electron chi connectivity index (χ2n) is 5.32. The van der Waals surface area contributed by atoms with Gasteiger partial charge in [0.1, 0.15) is 5.69 Å². The van der Waals surface area contributed by atoms with Crippen LogP contribution in [0.5, 0.6) is 0 Å². The molecule has 0 spiro atoms. The minimum absolute atomic E-state index is 0.266. The van der Waals surface area contributed by atoms with Crippen LogP contribution in [0.2, 0.25) is 0 Å². The lowest BCUT2D eigenvalue weighted by Gasteiger charge is -2.34. The number of hydrogen-bond acceptors (Lipinski definition) is 3. The number of carboxylic acid groups (broad SMARTS) is 1. The van der Waals surface area contributed by atoms with E-state index in [-0.39, 0.29) is 11.6 Å². The van der Waals surface area contributed by atoms with Crippen molar-refractivity contribution in [2.45, 2.75) is 25.8 Å². The fraction of sp³-hybridized carbons (Fsp3) is 0.312. The molecule has 1 aromatic heterocycles. The van der Waals surface area contributed by atoms with Crippen LogP contribution in [-0.4, -0.2) is 38.6 Å². The van der Waals surface area contributed by atoms with Gasteiger partial charge in [-0.05, 0) is 30.0 Å². The lowest BCUT2D eigenvalue weighted by atomic mass is 9.92. The number of H-pyrrole nitrogens is 1. The van der Waals surface area contributed by atoms with Crippen LogP contribution in [0.3, 0.4) is 0 Å². The van der Waals surface area contributed by atoms with E-state index in [4.69, 9.17) is 0 Å². The number of hydrogen-bond donors (Lipinski definition) is 2. The van der Waals surface area contributed by atoms with Crippen LogP contribution in [0, 0.1) is 0 Å². The van der Waals surface area contributed by atoms with Crippen LogP contribution in [0.15, 0.2) is 30.3 Å². The maximum absolute atomic E-state index is 12.6. The molecule has 1 unspecified atom stereocenters. The van der Waals surface area contributed by atoms with E-state index in [9.17, 15) is 14.7 Å². The number of carbonyl (C=O) groups excluding carboxylic acids is 1. The minimum atomic E-state index is -1.02. The molecule has 2 aromatic rings. The van der Waals surface area contributed by atoms with Crippen LogP contribution >= 0.6 is 0 Å². The quantitative estimate of drug-likeness (QED) is 0.904. The maximum Gasteiger partial charge on any atom is 0.331 e. The summed E-state index contributed by atoms with van der Waals surface area (Å²) in [6.07, 6.45) is 1.39. The first-order valence-electron chi connectivity index (χ1n) is 7.27. The predicted octanol–water partition coefficient (Wildman–Crippen LogP) is 1.80. The fourth-order valence-corrected chi connectivity index (χ4v) is 2.85. The second-order valence-corrected chi connectivity index (χ2v) is 5.32. The molecule has 114 valence electrons. The molecule has 2 N–H and O–H groups in total. The Morgan fingerprint density at radius 3 is 2.86 bits per heavy atom. The zero-order valence-electron chi connectivity index (χ0n) is 12.2. The highest BCUT2D eigenvalue weighted by Crippen LogP contribution is 2.30. The van der Waals surface area contributed by atoms with E-state index in [1.165, 1.54) is 4.90 Å². The Morgan fingerprint density at radius 1 is 1.41 bits per heavy atom. The molecule has 0 bridgehead atoms. The van der Waals surface area contributed by atoms with Crippen molar-refractivity contribution >= 4 is 11.9 Å². The number of rotatable bonds is 3. The highest BCUT2D eigenvalue weighted by molar-refractivity contribution is 5.95. The Labute approximate surface area is 127 Å². The van der Waals surface area contributed by atoms with Gasteiger partial charge in [0.15, 0.2) is 6.04 Å². The van der Waals surface area contributed by atoms with Gasteiger partial charge in [-0.25, -0.2) is 4.79 Å². The molecule has 6 heteroatoms. The van der Waals surface area contributed by atoms with Crippen molar-refractivity contribution in [1.82, 2.24) is 15.1 Å². The average molecular weight is 299 g/mol. The van der Waals surface area contributed by atoms with E-state index >= 15 is 0 Å². The fourth-order valence-electron chi connectivity index (χ4n) is 2.85. The summed E-state index contributed by atoms with van der Waals surface area (Å²) < 4.78 is 0. The van der Waals surface area contributed by atoms with Crippen molar-refractivity contribution < 1.29 is 14.7 Å². The van der Waals surface area contributed by atoms with Crippen LogP contribution in [0.1, 0.15) is 40.3 Å². The summed E-state index contributed by atoms with van der Waals surface area (Å²) in [6, 6.07) is 8.09. The lowest BCUT2D eigenvalue weighted by Crippen LogP contribution is -2.43. The Balaban J connectivity index is 1.96. The van der Waals surface area contributed by atoms with Gasteiger partial charge in [0.2, 0.25) is 0 Å². The number of carbonyl (C=O) groups is 2. The molecule has 0 aliphatic carbocycles. The molecule has 6 nitrogen and oxygen atoms in total. The highest BCUT2D eigenvalue weighted by Gasteiger charge is 2.36. The van der Waals surface area contributed by atoms with Crippen molar-refractivity contribution in [3.63, 3.8) is 0 Å². The molecule has 22 heavy (non-hydrogen) atoms. The Kier molecular flexibility index (Phi) is 3.66. The number of aromatic amines is 1. The van der Waals surface area contributed by atoms with Gasteiger partial charge >= 0.3 is 5.97 Å². The third kappa shape index (κ3) is 2.36. The monoisotopic (exact) mass is 299 g/mol. The molecule has 0 radical (unpaired) electrons. The van der Waals surface area contributed by atoms with Crippen molar-refractivity contribution in [2.75, 3.05) is 6.54 Å². The molecule has 3 rings (SSSR count). The van der Waals surface area contributed by atoms with Crippen LogP contribution in [0.25, 0.3) is 0 Å². The highest BCUT2D eigenvalue weighted by atomic mass is 16.4. The summed E-state index contributed by atoms with van der Waals surface area (Å²) in [5.74, 6) is -1.37. The molecule has 0 saturated heterocycles. The van der Waals surface area contributed by atoms with Crippen molar-refractivity contribution in [2.24, 2.45) is 0 Å². The first-order valence-corrected chi connectivity index (χ1v) is 7.27. The summed E-state index contributed by atoms with van der Waals surface area (Å²) in [6.45, 7) is 2.33. The van der Waals surface area contributed by atoms with E-state index < -0.39 is 12.0 Å². The number of amides is 1. The molecule has 0 fully saturated rings. The molecule has 1 amide bonds. The van der Waals surface area contributed by atoms with E-state index in [2.05, 4.69) is 10.2 Å². The largest absolute Gasteiger partial charge is 0.479 e. The number of nitrogens with zero attached hydrogens (tertiary/aromatic N) is 2. The average Bonchev–Trinajstić information content (AvgIpc) is 3.02. The van der Waals surface area contributed by atoms with E-state index in [1.54, 1.807) is 18.2 Å². The number of carboxylic acids is 1. The first kappa shape index (κ1) is 14.3. The van der Waals surface area contributed by atoms with Crippen LogP contribution in [0.4, 0.5) is 0 Å². The van der Waals surface area contributed by atoms with Gasteiger partial charge in [-0.2, -0.15) is 5.10 Å². The van der Waals surface area contributed by atoms with Gasteiger partial charge in [-0.1, -0.05) is 31.2 Å². The summed E-state index contributed by atoms with van der Waals surface area (Å²) in [5, 5.41) is 16.4. The predicted molar refractivity (Wildman–Crippen MR) is 79.5 cm³/mol. The Morgan fingerprint density at radius 2 is 2.18 bits per heavy atom. The number of benzene rings is 1.